The Kier molecular flexibility index (Phi) is 7.18. The average Bonchev–Trinajstić information content (AvgIpc) is 2.84. The van der Waals surface area contributed by atoms with E-state index in [-0.39, 0.29) is 35.4 Å². The number of benzene rings is 2. The number of esters is 1. The van der Waals surface area contributed by atoms with Crippen molar-refractivity contribution in [2.24, 2.45) is 5.92 Å². The minimum Gasteiger partial charge on any atom is -0.459 e. The monoisotopic (exact) mass is 452 g/mol. The summed E-state index contributed by atoms with van der Waals surface area (Å²) < 4.78 is 18.8. The third-order valence-electron chi connectivity index (χ3n) is 6.65. The minimum absolute atomic E-state index is 0.00981. The number of rotatable bonds is 5. The van der Waals surface area contributed by atoms with Gasteiger partial charge in [0.15, 0.2) is 5.78 Å². The Morgan fingerprint density at radius 1 is 0.879 bits per heavy atom. The van der Waals surface area contributed by atoms with Crippen molar-refractivity contribution in [2.45, 2.75) is 38.3 Å². The lowest BCUT2D eigenvalue weighted by molar-refractivity contribution is -0.153. The van der Waals surface area contributed by atoms with Crippen molar-refractivity contribution in [3.63, 3.8) is 0 Å². The van der Waals surface area contributed by atoms with Crippen LogP contribution >= 0.6 is 0 Å². The van der Waals surface area contributed by atoms with E-state index >= 15 is 0 Å². The molecule has 2 aliphatic rings. The Hall–Kier alpha value is -3.06. The minimum atomic E-state index is -0.409. The van der Waals surface area contributed by atoms with E-state index in [1.54, 1.807) is 29.2 Å². The van der Waals surface area contributed by atoms with Gasteiger partial charge in [0, 0.05) is 30.5 Å². The number of amides is 1. The van der Waals surface area contributed by atoms with Crippen LogP contribution in [0.5, 0.6) is 0 Å². The number of ether oxygens (including phenoxy) is 1. The lowest BCUT2D eigenvalue weighted by Gasteiger charge is -2.45. The molecule has 0 bridgehead atoms. The second-order valence-electron chi connectivity index (χ2n) is 8.80. The zero-order valence-corrected chi connectivity index (χ0v) is 18.8. The Morgan fingerprint density at radius 2 is 1.55 bits per heavy atom. The number of halogens is 1. The maximum Gasteiger partial charge on any atom is 0.303 e. The molecule has 0 spiro atoms. The first-order valence-electron chi connectivity index (χ1n) is 11.5. The van der Waals surface area contributed by atoms with Crippen LogP contribution < -0.4 is 0 Å². The first kappa shape index (κ1) is 23.1. The topological polar surface area (TPSA) is 66.9 Å². The molecule has 2 saturated heterocycles. The van der Waals surface area contributed by atoms with Gasteiger partial charge in [0.05, 0.1) is 12.6 Å². The van der Waals surface area contributed by atoms with Crippen LogP contribution in [0.3, 0.4) is 0 Å². The van der Waals surface area contributed by atoms with Gasteiger partial charge >= 0.3 is 5.97 Å². The number of piperidine rings is 2. The lowest BCUT2D eigenvalue weighted by atomic mass is 9.87. The van der Waals surface area contributed by atoms with E-state index in [9.17, 15) is 18.8 Å². The summed E-state index contributed by atoms with van der Waals surface area (Å²) in [5.41, 5.74) is 1.16. The van der Waals surface area contributed by atoms with E-state index in [0.29, 0.717) is 56.6 Å². The SMILES string of the molecule is CC(=O)OC1CN(C(=O)c2ccccc2)CCC1N1CCC(C(=O)c2ccc(F)cc2)CC1. The molecule has 2 aromatic rings. The van der Waals surface area contributed by atoms with Gasteiger partial charge in [-0.15, -0.1) is 0 Å². The van der Waals surface area contributed by atoms with Crippen LogP contribution in [0, 0.1) is 11.7 Å². The molecule has 7 heteroatoms. The molecule has 2 aromatic carbocycles. The fraction of sp³-hybridized carbons (Fsp3) is 0.423. The summed E-state index contributed by atoms with van der Waals surface area (Å²) in [7, 11) is 0. The van der Waals surface area contributed by atoms with E-state index in [4.69, 9.17) is 4.74 Å². The summed E-state index contributed by atoms with van der Waals surface area (Å²) in [5, 5.41) is 0. The number of hydrogen-bond donors (Lipinski definition) is 0. The summed E-state index contributed by atoms with van der Waals surface area (Å²) in [6.45, 7) is 3.76. The van der Waals surface area contributed by atoms with Crippen molar-refractivity contribution < 1.29 is 23.5 Å². The number of likely N-dealkylation sites (tertiary alicyclic amines) is 2. The second-order valence-corrected chi connectivity index (χ2v) is 8.80. The molecular formula is C26H29FN2O4. The first-order chi connectivity index (χ1) is 15.9. The molecule has 0 aromatic heterocycles. The molecule has 0 aliphatic carbocycles. The second kappa shape index (κ2) is 10.3. The van der Waals surface area contributed by atoms with Crippen LogP contribution in [0.15, 0.2) is 54.6 Å². The van der Waals surface area contributed by atoms with E-state index in [0.717, 1.165) is 0 Å². The smallest absolute Gasteiger partial charge is 0.303 e. The summed E-state index contributed by atoms with van der Waals surface area (Å²) in [5.74, 6) is -0.821. The number of carbonyl (C=O) groups excluding carboxylic acids is 3. The number of ketones is 1. The molecule has 4 rings (SSSR count). The maximum absolute atomic E-state index is 13.2. The van der Waals surface area contributed by atoms with Crippen LogP contribution in [0.4, 0.5) is 4.39 Å². The predicted octanol–water partition coefficient (Wildman–Crippen LogP) is 3.57. The van der Waals surface area contributed by atoms with E-state index in [1.807, 2.05) is 18.2 Å². The molecule has 1 amide bonds. The highest BCUT2D eigenvalue weighted by Crippen LogP contribution is 2.28. The fourth-order valence-electron chi connectivity index (χ4n) is 4.94. The van der Waals surface area contributed by atoms with E-state index < -0.39 is 6.10 Å². The van der Waals surface area contributed by atoms with Crippen LogP contribution in [0.1, 0.15) is 46.9 Å². The lowest BCUT2D eigenvalue weighted by Crippen LogP contribution is -2.58. The molecule has 33 heavy (non-hydrogen) atoms. The van der Waals surface area contributed by atoms with Crippen LogP contribution in [-0.2, 0) is 9.53 Å². The van der Waals surface area contributed by atoms with Gasteiger partial charge in [0.2, 0.25) is 0 Å². The molecule has 2 unspecified atom stereocenters. The highest BCUT2D eigenvalue weighted by molar-refractivity contribution is 5.97. The average molecular weight is 453 g/mol. The predicted molar refractivity (Wildman–Crippen MR) is 121 cm³/mol. The number of carbonyl (C=O) groups is 3. The Morgan fingerprint density at radius 3 is 2.18 bits per heavy atom. The standard InChI is InChI=1S/C26H29FN2O4/c1-18(30)33-24-17-29(26(32)21-5-3-2-4-6-21)16-13-23(24)28-14-11-20(12-15-28)25(31)19-7-9-22(27)10-8-19/h2-10,20,23-24H,11-17H2,1H3. The largest absolute Gasteiger partial charge is 0.459 e. The molecule has 0 radical (unpaired) electrons. The van der Waals surface area contributed by atoms with E-state index in [2.05, 4.69) is 4.90 Å². The van der Waals surface area contributed by atoms with Crippen LogP contribution in [-0.4, -0.2) is 65.8 Å². The Balaban J connectivity index is 1.39. The number of hydrogen-bond acceptors (Lipinski definition) is 5. The highest BCUT2D eigenvalue weighted by Gasteiger charge is 2.39. The van der Waals surface area contributed by atoms with Gasteiger partial charge < -0.3 is 9.64 Å². The Bertz CT molecular complexity index is 987. The van der Waals surface area contributed by atoms with Gasteiger partial charge in [-0.2, -0.15) is 0 Å². The van der Waals surface area contributed by atoms with Crippen molar-refractivity contribution in [3.8, 4) is 0 Å². The van der Waals surface area contributed by atoms with Crippen LogP contribution in [0.2, 0.25) is 0 Å². The molecule has 2 heterocycles. The number of Topliss-reactive ketones (excluding diaryl/α,β-unsaturated/α-hetero) is 1. The van der Waals surface area contributed by atoms with E-state index in [1.165, 1.54) is 19.1 Å². The summed E-state index contributed by atoms with van der Waals surface area (Å²) in [6.07, 6.45) is 1.69. The quantitative estimate of drug-likeness (QED) is 0.513. The third kappa shape index (κ3) is 5.47. The summed E-state index contributed by atoms with van der Waals surface area (Å²) in [6, 6.07) is 14.8. The van der Waals surface area contributed by atoms with Crippen molar-refractivity contribution in [1.29, 1.82) is 0 Å². The van der Waals surface area contributed by atoms with Gasteiger partial charge in [-0.25, -0.2) is 4.39 Å². The fourth-order valence-corrected chi connectivity index (χ4v) is 4.94. The molecule has 174 valence electrons. The maximum atomic E-state index is 13.2. The molecule has 2 aliphatic heterocycles. The van der Waals surface area contributed by atoms with Crippen molar-refractivity contribution in [2.75, 3.05) is 26.2 Å². The van der Waals surface area contributed by atoms with Crippen molar-refractivity contribution in [3.05, 3.63) is 71.5 Å². The summed E-state index contributed by atoms with van der Waals surface area (Å²) >= 11 is 0. The number of nitrogens with zero attached hydrogens (tertiary/aromatic N) is 2. The molecule has 0 saturated carbocycles. The summed E-state index contributed by atoms with van der Waals surface area (Å²) in [4.78, 5) is 41.5. The Labute approximate surface area is 193 Å². The zero-order valence-electron chi connectivity index (χ0n) is 18.8. The van der Waals surface area contributed by atoms with Gasteiger partial charge in [0.25, 0.3) is 5.91 Å². The van der Waals surface area contributed by atoms with Gasteiger partial charge in [-0.1, -0.05) is 18.2 Å². The van der Waals surface area contributed by atoms with Crippen LogP contribution in [0.25, 0.3) is 0 Å². The molecule has 6 nitrogen and oxygen atoms in total. The molecule has 2 atom stereocenters. The van der Waals surface area contributed by atoms with Gasteiger partial charge in [0.1, 0.15) is 11.9 Å². The van der Waals surface area contributed by atoms with Crippen molar-refractivity contribution >= 4 is 17.7 Å². The molecular weight excluding hydrogens is 423 g/mol. The highest BCUT2D eigenvalue weighted by atomic mass is 19.1. The van der Waals surface area contributed by atoms with Gasteiger partial charge in [-0.3, -0.25) is 19.3 Å². The first-order valence-corrected chi connectivity index (χ1v) is 11.5. The normalized spacial score (nSPS) is 22.1. The molecule has 2 fully saturated rings. The van der Waals surface area contributed by atoms with Gasteiger partial charge in [-0.05, 0) is 68.8 Å². The zero-order chi connectivity index (χ0) is 23.4. The van der Waals surface area contributed by atoms with Crippen molar-refractivity contribution in [1.82, 2.24) is 9.80 Å². The third-order valence-corrected chi connectivity index (χ3v) is 6.65. The molecule has 0 N–H and O–H groups in total.